The number of rotatable bonds is 3. The van der Waals surface area contributed by atoms with Crippen molar-refractivity contribution in [1.29, 1.82) is 0 Å². The molecule has 10 heteroatoms. The van der Waals surface area contributed by atoms with Crippen molar-refractivity contribution in [1.82, 2.24) is 14.5 Å². The maximum atomic E-state index is 13.3. The van der Waals surface area contributed by atoms with Crippen LogP contribution in [0.25, 0.3) is 11.0 Å². The predicted molar refractivity (Wildman–Crippen MR) is 85.4 cm³/mol. The van der Waals surface area contributed by atoms with Crippen LogP contribution in [0, 0.1) is 0 Å². The first-order valence-corrected chi connectivity index (χ1v) is 9.54. The molecular weight excluding hydrogens is 356 g/mol. The number of aliphatic hydroxyl groups is 1. The summed E-state index contributed by atoms with van der Waals surface area (Å²) >= 11 is 0. The highest BCUT2D eigenvalue weighted by molar-refractivity contribution is 7.90. The summed E-state index contributed by atoms with van der Waals surface area (Å²) < 4.78 is 51.0. The number of fused-ring (bicyclic) bond motifs is 1. The van der Waals surface area contributed by atoms with E-state index < -0.39 is 44.2 Å². The molecule has 0 aromatic carbocycles. The Morgan fingerprint density at radius 3 is 2.64 bits per heavy atom. The van der Waals surface area contributed by atoms with E-state index in [1.54, 1.807) is 0 Å². The van der Waals surface area contributed by atoms with Crippen molar-refractivity contribution < 1.29 is 22.3 Å². The Bertz CT molecular complexity index is 1000. The van der Waals surface area contributed by atoms with Gasteiger partial charge in [-0.3, -0.25) is 9.36 Å². The normalized spacial score (nSPS) is 24.3. The van der Waals surface area contributed by atoms with Gasteiger partial charge in [0, 0.05) is 17.8 Å². The molecule has 3 rings (SSSR count). The zero-order valence-electron chi connectivity index (χ0n) is 13.6. The summed E-state index contributed by atoms with van der Waals surface area (Å²) in [7, 11) is -3.75. The molecule has 2 aromatic rings. The molecule has 2 aromatic heterocycles. The summed E-state index contributed by atoms with van der Waals surface area (Å²) in [6.45, 7) is 1.52. The average Bonchev–Trinajstić information content (AvgIpc) is 2.84. The van der Waals surface area contributed by atoms with Gasteiger partial charge in [-0.25, -0.2) is 22.2 Å². The third-order valence-corrected chi connectivity index (χ3v) is 5.40. The fourth-order valence-corrected chi connectivity index (χ4v) is 3.78. The molecule has 2 heterocycles. The van der Waals surface area contributed by atoms with Crippen LogP contribution < -0.4 is 5.56 Å². The number of pyridine rings is 1. The second-order valence-electron chi connectivity index (χ2n) is 6.54. The van der Waals surface area contributed by atoms with E-state index in [9.17, 15) is 27.1 Å². The third-order valence-electron chi connectivity index (χ3n) is 4.54. The van der Waals surface area contributed by atoms with Crippen LogP contribution in [-0.4, -0.2) is 39.9 Å². The van der Waals surface area contributed by atoms with Gasteiger partial charge in [-0.1, -0.05) is 0 Å². The van der Waals surface area contributed by atoms with Crippen LogP contribution in [0.5, 0.6) is 0 Å². The van der Waals surface area contributed by atoms with Crippen molar-refractivity contribution in [3.05, 3.63) is 28.2 Å². The largest absolute Gasteiger partial charge is 0.388 e. The van der Waals surface area contributed by atoms with Gasteiger partial charge in [0.25, 0.3) is 12.0 Å². The number of hydrogen-bond donors (Lipinski definition) is 1. The Kier molecular flexibility index (Phi) is 4.15. The van der Waals surface area contributed by atoms with Crippen molar-refractivity contribution in [3.8, 4) is 0 Å². The maximum absolute atomic E-state index is 13.3. The number of halogens is 2. The Balaban J connectivity index is 2.41. The molecule has 0 radical (unpaired) electrons. The lowest BCUT2D eigenvalue weighted by atomic mass is 9.99. The van der Waals surface area contributed by atoms with E-state index >= 15 is 0 Å². The Labute approximate surface area is 142 Å². The number of aromatic nitrogens is 3. The summed E-state index contributed by atoms with van der Waals surface area (Å²) in [6.07, 6.45) is 0.403. The van der Waals surface area contributed by atoms with E-state index in [0.717, 1.165) is 23.1 Å². The van der Waals surface area contributed by atoms with Gasteiger partial charge in [0.05, 0.1) is 17.2 Å². The molecule has 1 aliphatic rings. The summed E-state index contributed by atoms with van der Waals surface area (Å²) in [5.41, 5.74) is -3.07. The highest BCUT2D eigenvalue weighted by Gasteiger charge is 2.40. The lowest BCUT2D eigenvalue weighted by Gasteiger charge is -2.28. The molecule has 1 aliphatic carbocycles. The van der Waals surface area contributed by atoms with E-state index in [-0.39, 0.29) is 11.0 Å². The first-order valence-electron chi connectivity index (χ1n) is 7.65. The Hall–Kier alpha value is -1.94. The third kappa shape index (κ3) is 3.04. The van der Waals surface area contributed by atoms with Crippen molar-refractivity contribution in [2.24, 2.45) is 0 Å². The van der Waals surface area contributed by atoms with Gasteiger partial charge in [0.2, 0.25) is 15.0 Å². The minimum Gasteiger partial charge on any atom is -0.388 e. The zero-order chi connectivity index (χ0) is 18.6. The molecule has 0 bridgehead atoms. The molecule has 0 unspecified atom stereocenters. The molecule has 25 heavy (non-hydrogen) atoms. The van der Waals surface area contributed by atoms with Gasteiger partial charge in [-0.2, -0.15) is 4.98 Å². The van der Waals surface area contributed by atoms with Crippen molar-refractivity contribution in [2.75, 3.05) is 6.26 Å². The lowest BCUT2D eigenvalue weighted by Crippen LogP contribution is -2.38. The fraction of sp³-hybridized carbons (Fsp3) is 0.533. The summed E-state index contributed by atoms with van der Waals surface area (Å²) in [5.74, 6) is 0. The van der Waals surface area contributed by atoms with E-state index in [1.165, 1.54) is 6.92 Å². The molecule has 0 spiro atoms. The lowest BCUT2D eigenvalue weighted by molar-refractivity contribution is 0.0261. The topological polar surface area (TPSA) is 102 Å². The Morgan fingerprint density at radius 1 is 1.44 bits per heavy atom. The number of nitrogens with zero attached hydrogens (tertiary/aromatic N) is 3. The van der Waals surface area contributed by atoms with Crippen LogP contribution in [0.4, 0.5) is 8.78 Å². The highest BCUT2D eigenvalue weighted by atomic mass is 32.2. The predicted octanol–water partition coefficient (Wildman–Crippen LogP) is 1.61. The molecule has 2 atom stereocenters. The van der Waals surface area contributed by atoms with E-state index in [0.29, 0.717) is 19.3 Å². The smallest absolute Gasteiger partial charge is 0.269 e. The van der Waals surface area contributed by atoms with Crippen LogP contribution in [-0.2, 0) is 9.84 Å². The van der Waals surface area contributed by atoms with Gasteiger partial charge in [-0.05, 0) is 32.3 Å². The van der Waals surface area contributed by atoms with Crippen LogP contribution in [0.1, 0.15) is 44.2 Å². The molecule has 0 aliphatic heterocycles. The highest BCUT2D eigenvalue weighted by Crippen LogP contribution is 2.39. The monoisotopic (exact) mass is 373 g/mol. The van der Waals surface area contributed by atoms with Crippen LogP contribution in [0.3, 0.4) is 0 Å². The van der Waals surface area contributed by atoms with Crippen LogP contribution in [0.15, 0.2) is 22.2 Å². The van der Waals surface area contributed by atoms with E-state index in [4.69, 9.17) is 0 Å². The molecule has 7 nitrogen and oxygen atoms in total. The molecular formula is C15H17F2N3O4S. The van der Waals surface area contributed by atoms with Crippen molar-refractivity contribution >= 4 is 20.9 Å². The van der Waals surface area contributed by atoms with Gasteiger partial charge < -0.3 is 5.11 Å². The van der Waals surface area contributed by atoms with Crippen LogP contribution >= 0.6 is 0 Å². The average molecular weight is 373 g/mol. The summed E-state index contributed by atoms with van der Waals surface area (Å²) in [4.78, 5) is 20.2. The second-order valence-corrected chi connectivity index (χ2v) is 8.45. The Morgan fingerprint density at radius 2 is 2.12 bits per heavy atom. The number of sulfone groups is 1. The van der Waals surface area contributed by atoms with Gasteiger partial charge >= 0.3 is 0 Å². The zero-order valence-corrected chi connectivity index (χ0v) is 14.4. The summed E-state index contributed by atoms with van der Waals surface area (Å²) in [5, 5.41) is 10.2. The standard InChI is InChI=1S/C15H17F2N3O4S/c1-15(22)5-3-4-10(15)20-12-8(6-9(11(16)17)13(20)21)7-18-14(19-12)25(2,23)24/h6-7,10-11,22H,3-5H2,1-2H3/t10-,15-/m1/s1. The number of hydrogen-bond acceptors (Lipinski definition) is 6. The molecule has 1 saturated carbocycles. The quantitative estimate of drug-likeness (QED) is 0.820. The minimum atomic E-state index is -3.75. The van der Waals surface area contributed by atoms with Crippen molar-refractivity contribution in [2.45, 2.75) is 49.4 Å². The second kappa shape index (κ2) is 5.80. The van der Waals surface area contributed by atoms with Gasteiger partial charge in [-0.15, -0.1) is 0 Å². The molecule has 1 N–H and O–H groups in total. The number of alkyl halides is 2. The summed E-state index contributed by atoms with van der Waals surface area (Å²) in [6, 6.07) is 0.192. The van der Waals surface area contributed by atoms with Gasteiger partial charge in [0.1, 0.15) is 5.65 Å². The van der Waals surface area contributed by atoms with Crippen molar-refractivity contribution in [3.63, 3.8) is 0 Å². The van der Waals surface area contributed by atoms with Gasteiger partial charge in [0.15, 0.2) is 0 Å². The maximum Gasteiger partial charge on any atom is 0.269 e. The first kappa shape index (κ1) is 17.9. The SMILES string of the molecule is C[C@@]1(O)CCC[C@H]1n1c(=O)c(C(F)F)cc2cnc(S(C)(=O)=O)nc21. The fourth-order valence-electron chi connectivity index (χ4n) is 3.29. The van der Waals surface area contributed by atoms with E-state index in [1.807, 2.05) is 0 Å². The van der Waals surface area contributed by atoms with E-state index in [2.05, 4.69) is 9.97 Å². The molecule has 1 fully saturated rings. The molecule has 0 saturated heterocycles. The molecule has 0 amide bonds. The van der Waals surface area contributed by atoms with Crippen LogP contribution in [0.2, 0.25) is 0 Å². The first-order chi connectivity index (χ1) is 11.5. The minimum absolute atomic E-state index is 0.0722. The molecule has 136 valence electrons.